The van der Waals surface area contributed by atoms with E-state index in [0.717, 1.165) is 44.1 Å². The van der Waals surface area contributed by atoms with Gasteiger partial charge in [0.1, 0.15) is 0 Å². The Labute approximate surface area is 112 Å². The van der Waals surface area contributed by atoms with Crippen LogP contribution in [0, 0.1) is 5.92 Å². The van der Waals surface area contributed by atoms with Crippen LogP contribution in [0.2, 0.25) is 0 Å². The highest BCUT2D eigenvalue weighted by Gasteiger charge is 2.21. The molecule has 0 saturated heterocycles. The van der Waals surface area contributed by atoms with E-state index in [2.05, 4.69) is 18.7 Å². The maximum absolute atomic E-state index is 5.87. The summed E-state index contributed by atoms with van der Waals surface area (Å²) in [4.78, 5) is 2.52. The maximum atomic E-state index is 5.87. The molecular formula is C14H28ClNO. The Kier molecular flexibility index (Phi) is 8.25. The molecule has 0 spiro atoms. The molecule has 1 aliphatic carbocycles. The van der Waals surface area contributed by atoms with Crippen LogP contribution in [0.5, 0.6) is 0 Å². The van der Waals surface area contributed by atoms with Gasteiger partial charge in [-0.1, -0.05) is 26.7 Å². The van der Waals surface area contributed by atoms with Gasteiger partial charge in [-0.05, 0) is 25.2 Å². The summed E-state index contributed by atoms with van der Waals surface area (Å²) < 4.78 is 5.70. The van der Waals surface area contributed by atoms with Crippen LogP contribution in [0.15, 0.2) is 0 Å². The summed E-state index contributed by atoms with van der Waals surface area (Å²) in [6.07, 6.45) is 6.64. The predicted octanol–water partition coefficient (Wildman–Crippen LogP) is 3.53. The molecule has 0 radical (unpaired) electrons. The van der Waals surface area contributed by atoms with Crippen LogP contribution in [0.25, 0.3) is 0 Å². The van der Waals surface area contributed by atoms with Gasteiger partial charge in [-0.2, -0.15) is 0 Å². The Hall–Kier alpha value is 0.210. The summed E-state index contributed by atoms with van der Waals surface area (Å²) >= 11 is 5.87. The largest absolute Gasteiger partial charge is 0.380 e. The lowest BCUT2D eigenvalue weighted by Crippen LogP contribution is -2.37. The van der Waals surface area contributed by atoms with E-state index in [0.29, 0.717) is 0 Å². The highest BCUT2D eigenvalue weighted by atomic mass is 35.5. The average Bonchev–Trinajstić information content (AvgIpc) is 2.80. The third-order valence-electron chi connectivity index (χ3n) is 3.58. The molecule has 102 valence electrons. The zero-order valence-corrected chi connectivity index (χ0v) is 12.2. The van der Waals surface area contributed by atoms with E-state index < -0.39 is 0 Å². The van der Waals surface area contributed by atoms with E-state index in [1.807, 2.05) is 0 Å². The molecule has 0 atom stereocenters. The molecule has 0 amide bonds. The summed E-state index contributed by atoms with van der Waals surface area (Å²) in [7, 11) is 0. The molecule has 0 aliphatic heterocycles. The van der Waals surface area contributed by atoms with E-state index in [1.54, 1.807) is 0 Å². The minimum Gasteiger partial charge on any atom is -0.380 e. The zero-order valence-electron chi connectivity index (χ0n) is 11.5. The second kappa shape index (κ2) is 9.18. The van der Waals surface area contributed by atoms with E-state index in [1.165, 1.54) is 32.1 Å². The van der Waals surface area contributed by atoms with Gasteiger partial charge in [0.05, 0.1) is 6.61 Å². The predicted molar refractivity (Wildman–Crippen MR) is 74.8 cm³/mol. The van der Waals surface area contributed by atoms with Crippen molar-refractivity contribution >= 4 is 11.6 Å². The zero-order chi connectivity index (χ0) is 12.5. The van der Waals surface area contributed by atoms with Crippen molar-refractivity contribution in [3.05, 3.63) is 0 Å². The van der Waals surface area contributed by atoms with Gasteiger partial charge in [0, 0.05) is 31.6 Å². The van der Waals surface area contributed by atoms with Crippen molar-refractivity contribution < 1.29 is 4.74 Å². The summed E-state index contributed by atoms with van der Waals surface area (Å²) in [6.45, 7) is 8.30. The first-order valence-electron chi connectivity index (χ1n) is 7.11. The highest BCUT2D eigenvalue weighted by Crippen LogP contribution is 2.23. The Morgan fingerprint density at radius 3 is 2.47 bits per heavy atom. The lowest BCUT2D eigenvalue weighted by atomic mass is 10.1. The molecule has 2 nitrogen and oxygen atoms in total. The normalized spacial score (nSPS) is 17.5. The quantitative estimate of drug-likeness (QED) is 0.465. The number of alkyl halides is 1. The number of rotatable bonds is 9. The lowest BCUT2D eigenvalue weighted by Gasteiger charge is -2.27. The van der Waals surface area contributed by atoms with Crippen molar-refractivity contribution in [1.82, 2.24) is 4.90 Å². The molecule has 0 aromatic rings. The first-order valence-corrected chi connectivity index (χ1v) is 7.65. The fraction of sp³-hybridized carbons (Fsp3) is 1.00. The van der Waals surface area contributed by atoms with Gasteiger partial charge in [-0.3, -0.25) is 4.90 Å². The highest BCUT2D eigenvalue weighted by molar-refractivity contribution is 6.18. The fourth-order valence-electron chi connectivity index (χ4n) is 2.46. The van der Waals surface area contributed by atoms with Gasteiger partial charge in [0.15, 0.2) is 0 Å². The molecular weight excluding hydrogens is 234 g/mol. The Morgan fingerprint density at radius 1 is 1.18 bits per heavy atom. The number of nitrogens with zero attached hydrogens (tertiary/aromatic N) is 1. The van der Waals surface area contributed by atoms with Gasteiger partial charge in [-0.15, -0.1) is 11.6 Å². The molecule has 1 saturated carbocycles. The van der Waals surface area contributed by atoms with Gasteiger partial charge < -0.3 is 4.74 Å². The molecule has 0 N–H and O–H groups in total. The standard InChI is InChI=1S/C14H28ClNO/c1-13(2)7-11-17-12-10-16(9-8-15)14-5-3-4-6-14/h13-14H,3-12H2,1-2H3. The SMILES string of the molecule is CC(C)CCOCCN(CCCl)C1CCCC1. The van der Waals surface area contributed by atoms with Crippen molar-refractivity contribution in [2.45, 2.75) is 52.0 Å². The molecule has 1 fully saturated rings. The number of ether oxygens (including phenoxy) is 1. The van der Waals surface area contributed by atoms with Crippen LogP contribution < -0.4 is 0 Å². The smallest absolute Gasteiger partial charge is 0.0593 e. The second-order valence-corrected chi connectivity index (χ2v) is 5.84. The van der Waals surface area contributed by atoms with Gasteiger partial charge in [-0.25, -0.2) is 0 Å². The van der Waals surface area contributed by atoms with Gasteiger partial charge in [0.25, 0.3) is 0 Å². The number of hydrogen-bond acceptors (Lipinski definition) is 2. The van der Waals surface area contributed by atoms with Crippen molar-refractivity contribution in [1.29, 1.82) is 0 Å². The van der Waals surface area contributed by atoms with Crippen LogP contribution in [-0.4, -0.2) is 43.1 Å². The summed E-state index contributed by atoms with van der Waals surface area (Å²) in [5, 5.41) is 0. The molecule has 17 heavy (non-hydrogen) atoms. The Bertz CT molecular complexity index is 181. The van der Waals surface area contributed by atoms with Crippen molar-refractivity contribution in [2.75, 3.05) is 32.2 Å². The molecule has 0 unspecified atom stereocenters. The topological polar surface area (TPSA) is 12.5 Å². The third-order valence-corrected chi connectivity index (χ3v) is 3.74. The molecule has 0 heterocycles. The van der Waals surface area contributed by atoms with Crippen LogP contribution in [-0.2, 0) is 4.74 Å². The van der Waals surface area contributed by atoms with Gasteiger partial charge in [0.2, 0.25) is 0 Å². The van der Waals surface area contributed by atoms with Crippen molar-refractivity contribution in [3.63, 3.8) is 0 Å². The minimum absolute atomic E-state index is 0.739. The van der Waals surface area contributed by atoms with Crippen molar-refractivity contribution in [2.24, 2.45) is 5.92 Å². The first kappa shape index (κ1) is 15.3. The second-order valence-electron chi connectivity index (χ2n) is 5.46. The van der Waals surface area contributed by atoms with Crippen molar-refractivity contribution in [3.8, 4) is 0 Å². The number of hydrogen-bond donors (Lipinski definition) is 0. The van der Waals surface area contributed by atoms with Crippen LogP contribution in [0.3, 0.4) is 0 Å². The Balaban J connectivity index is 2.11. The lowest BCUT2D eigenvalue weighted by molar-refractivity contribution is 0.0840. The monoisotopic (exact) mass is 261 g/mol. The molecule has 0 bridgehead atoms. The van der Waals surface area contributed by atoms with E-state index in [4.69, 9.17) is 16.3 Å². The summed E-state index contributed by atoms with van der Waals surface area (Å²) in [6, 6.07) is 0.766. The molecule has 1 aliphatic rings. The fourth-order valence-corrected chi connectivity index (χ4v) is 2.67. The maximum Gasteiger partial charge on any atom is 0.0593 e. The van der Waals surface area contributed by atoms with Gasteiger partial charge >= 0.3 is 0 Å². The first-order chi connectivity index (χ1) is 8.24. The molecule has 1 rings (SSSR count). The minimum atomic E-state index is 0.739. The Morgan fingerprint density at radius 2 is 1.88 bits per heavy atom. The number of halogens is 1. The molecule has 0 aromatic heterocycles. The molecule has 3 heteroatoms. The van der Waals surface area contributed by atoms with E-state index in [9.17, 15) is 0 Å². The molecule has 0 aromatic carbocycles. The summed E-state index contributed by atoms with van der Waals surface area (Å²) in [5.41, 5.74) is 0. The summed E-state index contributed by atoms with van der Waals surface area (Å²) in [5.74, 6) is 1.48. The van der Waals surface area contributed by atoms with Crippen LogP contribution >= 0.6 is 11.6 Å². The van der Waals surface area contributed by atoms with E-state index in [-0.39, 0.29) is 0 Å². The van der Waals surface area contributed by atoms with Crippen LogP contribution in [0.4, 0.5) is 0 Å². The van der Waals surface area contributed by atoms with Crippen LogP contribution in [0.1, 0.15) is 46.0 Å². The average molecular weight is 262 g/mol. The third kappa shape index (κ3) is 6.64. The van der Waals surface area contributed by atoms with E-state index >= 15 is 0 Å².